The number of hydrogen-bond donors (Lipinski definition) is 1. The fraction of sp³-hybridized carbons (Fsp3) is 0.682. The highest BCUT2D eigenvalue weighted by Crippen LogP contribution is 2.31. The molecule has 0 spiro atoms. The predicted molar refractivity (Wildman–Crippen MR) is 112 cm³/mol. The van der Waals surface area contributed by atoms with Gasteiger partial charge in [-0.2, -0.15) is 0 Å². The lowest BCUT2D eigenvalue weighted by Crippen LogP contribution is -2.38. The van der Waals surface area contributed by atoms with Gasteiger partial charge < -0.3 is 15.0 Å². The molecule has 2 atom stereocenters. The molecule has 0 bridgehead atoms. The molecular weight excluding hydrogens is 338 g/mol. The second kappa shape index (κ2) is 10.4. The number of aryl methyl sites for hydroxylation is 1. The minimum absolute atomic E-state index is 0.135. The van der Waals surface area contributed by atoms with E-state index in [0.29, 0.717) is 5.92 Å². The van der Waals surface area contributed by atoms with Crippen molar-refractivity contribution in [2.45, 2.75) is 79.7 Å². The normalized spacial score (nSPS) is 23.1. The van der Waals surface area contributed by atoms with Crippen molar-refractivity contribution >= 4 is 17.5 Å². The average Bonchev–Trinajstić information content (AvgIpc) is 3.08. The summed E-state index contributed by atoms with van der Waals surface area (Å²) < 4.78 is 0. The summed E-state index contributed by atoms with van der Waals surface area (Å²) in [5.41, 5.74) is 2.05. The number of nitrogens with one attached hydrogen (secondary N) is 1. The minimum Gasteiger partial charge on any atom is -0.365 e. The highest BCUT2D eigenvalue weighted by atomic mass is 16.2. The van der Waals surface area contributed by atoms with Crippen LogP contribution in [0.1, 0.15) is 83.7 Å². The van der Waals surface area contributed by atoms with Crippen molar-refractivity contribution in [1.29, 1.82) is 0 Å². The molecule has 1 amide bonds. The predicted octanol–water partition coefficient (Wildman–Crippen LogP) is 4.71. The topological polar surface area (TPSA) is 62.3 Å². The number of amides is 1. The molecule has 1 fully saturated rings. The van der Waals surface area contributed by atoms with Crippen molar-refractivity contribution in [3.8, 4) is 0 Å². The summed E-state index contributed by atoms with van der Waals surface area (Å²) in [4.78, 5) is 28.4. The maximum atomic E-state index is 12.5. The fourth-order valence-electron chi connectivity index (χ4n) is 3.26. The first-order chi connectivity index (χ1) is 12.7. The van der Waals surface area contributed by atoms with E-state index in [1.54, 1.807) is 6.20 Å². The Morgan fingerprint density at radius 2 is 1.96 bits per heavy atom. The van der Waals surface area contributed by atoms with E-state index in [0.717, 1.165) is 50.2 Å². The highest BCUT2D eigenvalue weighted by molar-refractivity contribution is 5.94. The number of anilines is 1. The molecule has 2 aliphatic rings. The molecule has 27 heavy (non-hydrogen) atoms. The first kappa shape index (κ1) is 23.1. The van der Waals surface area contributed by atoms with Gasteiger partial charge in [-0.15, -0.1) is 0 Å². The monoisotopic (exact) mass is 375 g/mol. The van der Waals surface area contributed by atoms with Crippen LogP contribution in [0, 0.1) is 5.92 Å². The van der Waals surface area contributed by atoms with Crippen molar-refractivity contribution in [3.63, 3.8) is 0 Å². The van der Waals surface area contributed by atoms with Crippen LogP contribution in [0.2, 0.25) is 0 Å². The summed E-state index contributed by atoms with van der Waals surface area (Å²) in [5, 5.41) is 3.53. The maximum absolute atomic E-state index is 12.5. The zero-order valence-electron chi connectivity index (χ0n) is 18.2. The Hall–Kier alpha value is -1.91. The number of fused-ring (bicyclic) bond motifs is 1. The van der Waals surface area contributed by atoms with Gasteiger partial charge in [-0.3, -0.25) is 4.79 Å². The number of hydrogen-bond acceptors (Lipinski definition) is 4. The first-order valence-electron chi connectivity index (χ1n) is 10.3. The number of carbonyl (C=O) groups is 2. The van der Waals surface area contributed by atoms with Crippen LogP contribution in [0.3, 0.4) is 0 Å². The van der Waals surface area contributed by atoms with Gasteiger partial charge in [0.25, 0.3) is 5.91 Å². The summed E-state index contributed by atoms with van der Waals surface area (Å²) in [6, 6.07) is 2.04. The number of carbonyl (C=O) groups excluding carboxylic acids is 2. The molecule has 0 radical (unpaired) electrons. The number of ketones is 1. The summed E-state index contributed by atoms with van der Waals surface area (Å²) in [6.45, 7) is 15.5. The molecule has 3 heterocycles. The number of Topliss-reactive ketones (excluding diaryl/α,β-unsaturated/α-hetero) is 1. The van der Waals surface area contributed by atoms with Gasteiger partial charge in [-0.25, -0.2) is 4.98 Å². The lowest BCUT2D eigenvalue weighted by Gasteiger charge is -2.35. The molecule has 0 saturated carbocycles. The third-order valence-corrected chi connectivity index (χ3v) is 5.07. The number of rotatable bonds is 2. The smallest absolute Gasteiger partial charge is 0.255 e. The van der Waals surface area contributed by atoms with Crippen LogP contribution < -0.4 is 5.32 Å². The number of aromatic nitrogens is 1. The molecule has 1 unspecified atom stereocenters. The Morgan fingerprint density at radius 3 is 2.48 bits per heavy atom. The van der Waals surface area contributed by atoms with E-state index in [9.17, 15) is 9.59 Å². The number of pyridine rings is 1. The van der Waals surface area contributed by atoms with Crippen molar-refractivity contribution in [3.05, 3.63) is 23.4 Å². The summed E-state index contributed by atoms with van der Waals surface area (Å²) in [6.07, 6.45) is 6.02. The van der Waals surface area contributed by atoms with E-state index in [4.69, 9.17) is 0 Å². The molecule has 2 aliphatic heterocycles. The third-order valence-electron chi connectivity index (χ3n) is 5.07. The second-order valence-electron chi connectivity index (χ2n) is 7.82. The zero-order chi connectivity index (χ0) is 20.6. The quantitative estimate of drug-likeness (QED) is 0.813. The van der Waals surface area contributed by atoms with E-state index in [1.807, 2.05) is 24.8 Å². The second-order valence-corrected chi connectivity index (χ2v) is 7.82. The zero-order valence-corrected chi connectivity index (χ0v) is 18.2. The van der Waals surface area contributed by atoms with Gasteiger partial charge in [0.15, 0.2) is 0 Å². The fourth-order valence-corrected chi connectivity index (χ4v) is 3.26. The summed E-state index contributed by atoms with van der Waals surface area (Å²) in [5.74, 6) is 1.88. The molecule has 0 aromatic carbocycles. The first-order valence-corrected chi connectivity index (χ1v) is 10.3. The Morgan fingerprint density at radius 1 is 1.33 bits per heavy atom. The van der Waals surface area contributed by atoms with Crippen LogP contribution in [0.5, 0.6) is 0 Å². The molecule has 3 rings (SSSR count). The van der Waals surface area contributed by atoms with Crippen LogP contribution in [0.15, 0.2) is 12.3 Å². The lowest BCUT2D eigenvalue weighted by atomic mass is 9.87. The third kappa shape index (κ3) is 6.64. The number of likely N-dealkylation sites (tertiary alicyclic amines) is 1. The molecule has 152 valence electrons. The Bertz CT molecular complexity index is 640. The number of nitrogens with zero attached hydrogens (tertiary/aromatic N) is 2. The molecule has 1 aromatic heterocycles. The minimum atomic E-state index is 0.135. The van der Waals surface area contributed by atoms with Gasteiger partial charge in [0, 0.05) is 24.8 Å². The highest BCUT2D eigenvalue weighted by Gasteiger charge is 2.29. The van der Waals surface area contributed by atoms with Crippen molar-refractivity contribution in [2.24, 2.45) is 5.92 Å². The summed E-state index contributed by atoms with van der Waals surface area (Å²) in [7, 11) is 0. The van der Waals surface area contributed by atoms with Crippen LogP contribution in [-0.2, 0) is 11.2 Å². The van der Waals surface area contributed by atoms with Gasteiger partial charge in [0.05, 0.1) is 5.56 Å². The van der Waals surface area contributed by atoms with E-state index in [2.05, 4.69) is 31.1 Å². The molecule has 1 N–H and O–H groups in total. The van der Waals surface area contributed by atoms with Crippen LogP contribution in [0.4, 0.5) is 5.82 Å². The van der Waals surface area contributed by atoms with E-state index in [-0.39, 0.29) is 17.2 Å². The van der Waals surface area contributed by atoms with Crippen molar-refractivity contribution in [1.82, 2.24) is 9.88 Å². The molecule has 1 saturated heterocycles. The van der Waals surface area contributed by atoms with E-state index >= 15 is 0 Å². The van der Waals surface area contributed by atoms with Gasteiger partial charge >= 0.3 is 0 Å². The SMILES string of the molecule is CC.CC(C)=O.CCC1(C)CCc2cc(C(=O)N3CC[C@H](C)C3)cnc2N1. The van der Waals surface area contributed by atoms with Crippen molar-refractivity contribution < 1.29 is 9.59 Å². The van der Waals surface area contributed by atoms with Gasteiger partial charge in [0.2, 0.25) is 0 Å². The van der Waals surface area contributed by atoms with Crippen molar-refractivity contribution in [2.75, 3.05) is 18.4 Å². The average molecular weight is 376 g/mol. The van der Waals surface area contributed by atoms with Gasteiger partial charge in [-0.1, -0.05) is 27.7 Å². The van der Waals surface area contributed by atoms with Crippen LogP contribution in [0.25, 0.3) is 0 Å². The van der Waals surface area contributed by atoms with Gasteiger partial charge in [-0.05, 0) is 64.0 Å². The maximum Gasteiger partial charge on any atom is 0.255 e. The van der Waals surface area contributed by atoms with Gasteiger partial charge in [0.1, 0.15) is 11.6 Å². The Kier molecular flexibility index (Phi) is 8.94. The van der Waals surface area contributed by atoms with E-state index < -0.39 is 0 Å². The molecule has 5 nitrogen and oxygen atoms in total. The molecule has 5 heteroatoms. The Balaban J connectivity index is 0.000000541. The Labute approximate surface area is 164 Å². The molecule has 0 aliphatic carbocycles. The standard InChI is InChI=1S/C17H25N3O.C3H6O.C2H6/c1-4-17(3)7-5-13-9-14(10-18-15(13)19-17)16(21)20-8-6-12(2)11-20;1-3(2)4;1-2/h9-10,12H,4-8,11H2,1-3H3,(H,18,19);1-2H3;1-2H3/t12-,17?;;/m0../s1. The lowest BCUT2D eigenvalue weighted by molar-refractivity contribution is -0.115. The van der Waals surface area contributed by atoms with Crippen LogP contribution in [-0.4, -0.2) is 40.2 Å². The summed E-state index contributed by atoms with van der Waals surface area (Å²) >= 11 is 0. The molecule has 1 aromatic rings. The molecular formula is C22H37N3O2. The largest absolute Gasteiger partial charge is 0.365 e. The van der Waals surface area contributed by atoms with E-state index in [1.165, 1.54) is 19.4 Å². The van der Waals surface area contributed by atoms with Crippen LogP contribution >= 0.6 is 0 Å².